The summed E-state index contributed by atoms with van der Waals surface area (Å²) in [6, 6.07) is 20.2. The third-order valence-corrected chi connectivity index (χ3v) is 4.82. The van der Waals surface area contributed by atoms with Gasteiger partial charge in [0, 0.05) is 11.1 Å². The number of ketones is 1. The van der Waals surface area contributed by atoms with Crippen LogP contribution in [0.2, 0.25) is 0 Å². The number of nitrogens with zero attached hydrogens (tertiary/aromatic N) is 1. The summed E-state index contributed by atoms with van der Waals surface area (Å²) in [5.41, 5.74) is 3.96. The summed E-state index contributed by atoms with van der Waals surface area (Å²) in [6.07, 6.45) is 1.73. The predicted octanol–water partition coefficient (Wildman–Crippen LogP) is 5.58. The molecule has 0 radical (unpaired) electrons. The van der Waals surface area contributed by atoms with Gasteiger partial charge in [0.1, 0.15) is 17.0 Å². The number of hydrogen-bond donors (Lipinski definition) is 0. The van der Waals surface area contributed by atoms with Crippen molar-refractivity contribution in [2.24, 2.45) is 0 Å². The summed E-state index contributed by atoms with van der Waals surface area (Å²) in [7, 11) is 3.18. The monoisotopic (exact) mass is 399 g/mol. The summed E-state index contributed by atoms with van der Waals surface area (Å²) in [4.78, 5) is 18.0. The number of benzene rings is 3. The van der Waals surface area contributed by atoms with Gasteiger partial charge in [0.15, 0.2) is 11.4 Å². The van der Waals surface area contributed by atoms with Gasteiger partial charge in [-0.15, -0.1) is 0 Å². The minimum atomic E-state index is -0.188. The van der Waals surface area contributed by atoms with Gasteiger partial charge < -0.3 is 13.9 Å². The summed E-state index contributed by atoms with van der Waals surface area (Å²) < 4.78 is 16.7. The number of carbonyl (C=O) groups is 1. The fourth-order valence-corrected chi connectivity index (χ4v) is 3.18. The fraction of sp³-hybridized carbons (Fsp3) is 0.120. The lowest BCUT2D eigenvalue weighted by atomic mass is 9.99. The molecule has 0 saturated heterocycles. The van der Waals surface area contributed by atoms with Crippen LogP contribution in [0.1, 0.15) is 27.4 Å². The lowest BCUT2D eigenvalue weighted by Gasteiger charge is -2.09. The average molecular weight is 399 g/mol. The van der Waals surface area contributed by atoms with E-state index in [1.54, 1.807) is 44.6 Å². The van der Waals surface area contributed by atoms with Crippen molar-refractivity contribution in [1.29, 1.82) is 0 Å². The molecular weight excluding hydrogens is 378 g/mol. The van der Waals surface area contributed by atoms with Crippen molar-refractivity contribution in [2.75, 3.05) is 14.2 Å². The minimum absolute atomic E-state index is 0.188. The quantitative estimate of drug-likeness (QED) is 0.313. The molecule has 0 aliphatic rings. The molecule has 0 fully saturated rings. The normalized spacial score (nSPS) is 11.5. The molecule has 1 heterocycles. The number of carbonyl (C=O) groups excluding carboxylic acids is 1. The van der Waals surface area contributed by atoms with Gasteiger partial charge in [0.2, 0.25) is 5.89 Å². The zero-order valence-corrected chi connectivity index (χ0v) is 17.0. The van der Waals surface area contributed by atoms with Crippen molar-refractivity contribution in [2.45, 2.75) is 6.92 Å². The maximum atomic E-state index is 13.5. The van der Waals surface area contributed by atoms with Crippen molar-refractivity contribution in [3.05, 3.63) is 89.3 Å². The zero-order chi connectivity index (χ0) is 21.1. The number of Topliss-reactive ketones (excluding diaryl/α,β-unsaturated/α-hetero) is 1. The van der Waals surface area contributed by atoms with Gasteiger partial charge in [-0.1, -0.05) is 42.0 Å². The number of aryl methyl sites for hydroxylation is 1. The Bertz CT molecular complexity index is 1200. The second kappa shape index (κ2) is 8.25. The molecular formula is C25H21NO4. The van der Waals surface area contributed by atoms with Gasteiger partial charge >= 0.3 is 0 Å². The van der Waals surface area contributed by atoms with Gasteiger partial charge in [0.25, 0.3) is 0 Å². The lowest BCUT2D eigenvalue weighted by molar-refractivity contribution is 0.105. The van der Waals surface area contributed by atoms with Crippen LogP contribution in [0.15, 0.2) is 71.1 Å². The van der Waals surface area contributed by atoms with Crippen LogP contribution in [0.25, 0.3) is 22.7 Å². The van der Waals surface area contributed by atoms with Gasteiger partial charge in [-0.05, 0) is 43.3 Å². The van der Waals surface area contributed by atoms with E-state index in [1.807, 2.05) is 49.4 Å². The van der Waals surface area contributed by atoms with Crippen molar-refractivity contribution < 1.29 is 18.7 Å². The third kappa shape index (κ3) is 3.82. The van der Waals surface area contributed by atoms with Crippen molar-refractivity contribution in [3.63, 3.8) is 0 Å². The van der Waals surface area contributed by atoms with Crippen molar-refractivity contribution >= 4 is 28.5 Å². The molecule has 0 aliphatic heterocycles. The molecule has 4 rings (SSSR count). The molecule has 0 aliphatic carbocycles. The summed E-state index contributed by atoms with van der Waals surface area (Å²) in [5.74, 6) is 1.33. The van der Waals surface area contributed by atoms with Crippen LogP contribution in [0.3, 0.4) is 0 Å². The molecule has 0 bridgehead atoms. The number of hydrogen-bond acceptors (Lipinski definition) is 5. The van der Waals surface area contributed by atoms with Gasteiger partial charge in [0.05, 0.1) is 19.8 Å². The Labute approximate surface area is 174 Å². The Kier molecular flexibility index (Phi) is 5.35. The van der Waals surface area contributed by atoms with Crippen LogP contribution in [-0.2, 0) is 0 Å². The Balaban J connectivity index is 1.90. The first-order valence-corrected chi connectivity index (χ1v) is 9.50. The number of methoxy groups -OCH3 is 2. The molecule has 5 nitrogen and oxygen atoms in total. The minimum Gasteiger partial charge on any atom is -0.497 e. The summed E-state index contributed by atoms with van der Waals surface area (Å²) in [6.45, 7) is 1.98. The number of fused-ring (bicyclic) bond motifs is 1. The number of para-hydroxylation sites is 2. The van der Waals surface area contributed by atoms with Crippen LogP contribution >= 0.6 is 0 Å². The lowest BCUT2D eigenvalue weighted by Crippen LogP contribution is -2.04. The highest BCUT2D eigenvalue weighted by molar-refractivity contribution is 6.31. The average Bonchev–Trinajstić information content (AvgIpc) is 3.21. The largest absolute Gasteiger partial charge is 0.497 e. The first kappa shape index (κ1) is 19.5. The molecule has 0 spiro atoms. The predicted molar refractivity (Wildman–Crippen MR) is 117 cm³/mol. The SMILES string of the molecule is COc1ccc(OC)c(C=C(C(=O)c2ccc(C)cc2)c2nc3ccccc3o2)c1. The third-order valence-electron chi connectivity index (χ3n) is 4.82. The highest BCUT2D eigenvalue weighted by atomic mass is 16.5. The Morgan fingerprint density at radius 3 is 2.43 bits per heavy atom. The molecule has 0 amide bonds. The van der Waals surface area contributed by atoms with E-state index in [-0.39, 0.29) is 11.7 Å². The Morgan fingerprint density at radius 1 is 0.967 bits per heavy atom. The number of oxazole rings is 1. The van der Waals surface area contributed by atoms with E-state index in [9.17, 15) is 4.79 Å². The van der Waals surface area contributed by atoms with Gasteiger partial charge in [-0.2, -0.15) is 0 Å². The number of allylic oxidation sites excluding steroid dienone is 1. The molecule has 1 aromatic heterocycles. The topological polar surface area (TPSA) is 61.6 Å². The van der Waals surface area contributed by atoms with Crippen LogP contribution in [-0.4, -0.2) is 25.0 Å². The first-order chi connectivity index (χ1) is 14.6. The second-order valence-corrected chi connectivity index (χ2v) is 6.85. The van der Waals surface area contributed by atoms with Crippen molar-refractivity contribution in [1.82, 2.24) is 4.98 Å². The van der Waals surface area contributed by atoms with E-state index in [0.717, 1.165) is 5.56 Å². The zero-order valence-electron chi connectivity index (χ0n) is 17.0. The second-order valence-electron chi connectivity index (χ2n) is 6.85. The Hall–Kier alpha value is -3.86. The molecule has 5 heteroatoms. The highest BCUT2D eigenvalue weighted by Gasteiger charge is 2.21. The maximum Gasteiger partial charge on any atom is 0.231 e. The number of aromatic nitrogens is 1. The molecule has 0 atom stereocenters. The van der Waals surface area contributed by atoms with Crippen LogP contribution in [0, 0.1) is 6.92 Å². The van der Waals surface area contributed by atoms with E-state index in [4.69, 9.17) is 13.9 Å². The van der Waals surface area contributed by atoms with Crippen molar-refractivity contribution in [3.8, 4) is 11.5 Å². The van der Waals surface area contributed by atoms with Crippen LogP contribution in [0.5, 0.6) is 11.5 Å². The summed E-state index contributed by atoms with van der Waals surface area (Å²) >= 11 is 0. The Morgan fingerprint density at radius 2 is 1.73 bits per heavy atom. The maximum absolute atomic E-state index is 13.5. The molecule has 3 aromatic carbocycles. The molecule has 30 heavy (non-hydrogen) atoms. The smallest absolute Gasteiger partial charge is 0.231 e. The van der Waals surface area contributed by atoms with E-state index >= 15 is 0 Å². The van der Waals surface area contributed by atoms with Gasteiger partial charge in [-0.25, -0.2) is 4.98 Å². The van der Waals surface area contributed by atoms with E-state index in [0.29, 0.717) is 39.3 Å². The molecule has 150 valence electrons. The highest BCUT2D eigenvalue weighted by Crippen LogP contribution is 2.31. The van der Waals surface area contributed by atoms with Crippen LogP contribution < -0.4 is 9.47 Å². The van der Waals surface area contributed by atoms with E-state index < -0.39 is 0 Å². The number of ether oxygens (including phenoxy) is 2. The molecule has 0 unspecified atom stereocenters. The van der Waals surface area contributed by atoms with E-state index in [2.05, 4.69) is 4.98 Å². The molecule has 4 aromatic rings. The molecule has 0 N–H and O–H groups in total. The number of rotatable bonds is 6. The van der Waals surface area contributed by atoms with Crippen LogP contribution in [0.4, 0.5) is 0 Å². The fourth-order valence-electron chi connectivity index (χ4n) is 3.18. The summed E-state index contributed by atoms with van der Waals surface area (Å²) in [5, 5.41) is 0. The first-order valence-electron chi connectivity index (χ1n) is 9.50. The molecule has 0 saturated carbocycles. The van der Waals surface area contributed by atoms with E-state index in [1.165, 1.54) is 0 Å². The standard InChI is InChI=1S/C25H21NO4/c1-16-8-10-17(11-9-16)24(27)20(25-26-21-6-4-5-7-23(21)30-25)15-18-14-19(28-2)12-13-22(18)29-3/h4-15H,1-3H3. The van der Waals surface area contributed by atoms with Gasteiger partial charge in [-0.3, -0.25) is 4.79 Å².